The van der Waals surface area contributed by atoms with Gasteiger partial charge in [0.2, 0.25) is 0 Å². The second kappa shape index (κ2) is 11.0. The minimum Gasteiger partial charge on any atom is -1.00 e. The molecule has 165 valence electrons. The Bertz CT molecular complexity index is 1340. The van der Waals surface area contributed by atoms with Crippen molar-refractivity contribution in [1.82, 2.24) is 0 Å². The number of halogens is 2. The molecule has 0 aliphatic heterocycles. The molecule has 0 fully saturated rings. The maximum Gasteiger partial charge on any atom is -1.00 e. The third kappa shape index (κ3) is 4.50. The van der Waals surface area contributed by atoms with E-state index in [1.807, 2.05) is 0 Å². The van der Waals surface area contributed by atoms with Crippen molar-refractivity contribution in [2.24, 2.45) is 0 Å². The van der Waals surface area contributed by atoms with Crippen LogP contribution >= 0.6 is 0 Å². The standard InChI is InChI=1S/C18H13.C13H10.2ClH.Zr/c1-2-7-13(6-1)15-10-5-11-17-16-9-4-3-8-14(16)12-18(15)17;1-3-7-12(8-4-1)11-13-9-5-2-6-10-13;;;/h1-6,8-12H,7H2;1-10H;2*1H;/q;;;;+2/p-2. The fourth-order valence-corrected chi connectivity index (χ4v) is 9.49. The first kappa shape index (κ1) is 24.8. The summed E-state index contributed by atoms with van der Waals surface area (Å²) in [6, 6.07) is 38.2. The zero-order chi connectivity index (χ0) is 21.3. The van der Waals surface area contributed by atoms with E-state index in [4.69, 9.17) is 0 Å². The van der Waals surface area contributed by atoms with Crippen molar-refractivity contribution in [3.05, 3.63) is 149 Å². The van der Waals surface area contributed by atoms with Gasteiger partial charge in [0.1, 0.15) is 0 Å². The van der Waals surface area contributed by atoms with Crippen LogP contribution in [0.25, 0.3) is 16.7 Å². The third-order valence-corrected chi connectivity index (χ3v) is 10.8. The van der Waals surface area contributed by atoms with Gasteiger partial charge in [-0.25, -0.2) is 0 Å². The number of fused-ring (bicyclic) bond motifs is 3. The molecule has 34 heavy (non-hydrogen) atoms. The Balaban J connectivity index is 0.00000137. The average Bonchev–Trinajstić information content (AvgIpc) is 3.51. The van der Waals surface area contributed by atoms with Crippen LogP contribution in [0.4, 0.5) is 0 Å². The molecule has 3 heteroatoms. The summed E-state index contributed by atoms with van der Waals surface area (Å²) in [6.45, 7) is 0. The topological polar surface area (TPSA) is 0 Å². The van der Waals surface area contributed by atoms with Crippen LogP contribution in [0.1, 0.15) is 37.9 Å². The number of hydrogen-bond donors (Lipinski definition) is 0. The Hall–Kier alpha value is -2.31. The predicted molar refractivity (Wildman–Crippen MR) is 132 cm³/mol. The number of benzene rings is 4. The van der Waals surface area contributed by atoms with E-state index in [0.29, 0.717) is 3.63 Å². The molecule has 6 rings (SSSR count). The van der Waals surface area contributed by atoms with Gasteiger partial charge >= 0.3 is 202 Å². The van der Waals surface area contributed by atoms with Gasteiger partial charge < -0.3 is 24.8 Å². The summed E-state index contributed by atoms with van der Waals surface area (Å²) in [5.74, 6) is 0. The first-order valence-electron chi connectivity index (χ1n) is 11.2. The maximum atomic E-state index is 2.37. The fourth-order valence-electron chi connectivity index (χ4n) is 5.02. The Morgan fingerprint density at radius 1 is 0.618 bits per heavy atom. The molecule has 0 bridgehead atoms. The van der Waals surface area contributed by atoms with E-state index in [1.165, 1.54) is 39.0 Å². The summed E-state index contributed by atoms with van der Waals surface area (Å²) in [5.41, 5.74) is 11.7. The van der Waals surface area contributed by atoms with E-state index in [9.17, 15) is 0 Å². The fraction of sp³-hybridized carbons (Fsp3) is 0.0645. The molecule has 0 aromatic heterocycles. The van der Waals surface area contributed by atoms with Crippen LogP contribution in [-0.2, 0) is 22.8 Å². The average molecular weight is 558 g/mol. The van der Waals surface area contributed by atoms with Crippen LogP contribution in [0.5, 0.6) is 0 Å². The molecule has 4 aromatic carbocycles. The molecule has 0 radical (unpaired) electrons. The Kier molecular flexibility index (Phi) is 8.00. The van der Waals surface area contributed by atoms with Crippen LogP contribution in [0.15, 0.2) is 121 Å². The molecule has 2 aliphatic rings. The van der Waals surface area contributed by atoms with E-state index in [0.717, 1.165) is 6.42 Å². The Morgan fingerprint density at radius 3 is 1.85 bits per heavy atom. The number of hydrogen-bond acceptors (Lipinski definition) is 0. The molecule has 0 nitrogen and oxygen atoms in total. The summed E-state index contributed by atoms with van der Waals surface area (Å²) in [7, 11) is 0. The summed E-state index contributed by atoms with van der Waals surface area (Å²) < 4.78 is 2.09. The predicted octanol–water partition coefficient (Wildman–Crippen LogP) is 1.46. The van der Waals surface area contributed by atoms with Crippen molar-refractivity contribution >= 4 is 8.78 Å². The van der Waals surface area contributed by atoms with Gasteiger partial charge in [-0.1, -0.05) is 0 Å². The monoisotopic (exact) mass is 555 g/mol. The van der Waals surface area contributed by atoms with E-state index in [1.54, 1.807) is 8.77 Å². The zero-order valence-corrected chi connectivity index (χ0v) is 22.6. The second-order valence-corrected chi connectivity index (χ2v) is 11.7. The number of allylic oxidation sites excluding steroid dienone is 4. The third-order valence-electron chi connectivity index (χ3n) is 6.49. The Labute approximate surface area is 225 Å². The smallest absolute Gasteiger partial charge is 1.00 e. The minimum atomic E-state index is -1.07. The van der Waals surface area contributed by atoms with Gasteiger partial charge in [-0.05, 0) is 0 Å². The molecule has 0 saturated heterocycles. The van der Waals surface area contributed by atoms with Crippen LogP contribution < -0.4 is 24.8 Å². The van der Waals surface area contributed by atoms with E-state index in [-0.39, 0.29) is 24.8 Å². The first-order chi connectivity index (χ1) is 15.9. The normalized spacial score (nSPS) is 14.7. The van der Waals surface area contributed by atoms with Gasteiger partial charge in [-0.2, -0.15) is 0 Å². The van der Waals surface area contributed by atoms with Gasteiger partial charge in [0.15, 0.2) is 0 Å². The molecule has 2 aliphatic carbocycles. The minimum absolute atomic E-state index is 0. The van der Waals surface area contributed by atoms with Crippen molar-refractivity contribution in [3.8, 4) is 11.1 Å². The Morgan fingerprint density at radius 2 is 1.21 bits per heavy atom. The van der Waals surface area contributed by atoms with Gasteiger partial charge in [0.25, 0.3) is 0 Å². The summed E-state index contributed by atoms with van der Waals surface area (Å²) in [6.07, 6.45) is 7.83. The molecule has 0 amide bonds. The zero-order valence-electron chi connectivity index (χ0n) is 18.6. The maximum absolute atomic E-state index is 2.37. The molecule has 4 aromatic rings. The van der Waals surface area contributed by atoms with Gasteiger partial charge in [-0.15, -0.1) is 0 Å². The molecular formula is C31H23Cl2Zr. The van der Waals surface area contributed by atoms with Gasteiger partial charge in [0, 0.05) is 0 Å². The second-order valence-electron chi connectivity index (χ2n) is 8.36. The van der Waals surface area contributed by atoms with Crippen molar-refractivity contribution in [1.29, 1.82) is 0 Å². The molecule has 0 heterocycles. The van der Waals surface area contributed by atoms with Crippen molar-refractivity contribution in [3.63, 3.8) is 0 Å². The van der Waals surface area contributed by atoms with Crippen LogP contribution in [-0.4, -0.2) is 3.21 Å². The molecule has 0 N–H and O–H groups in total. The quantitative estimate of drug-likeness (QED) is 0.357. The van der Waals surface area contributed by atoms with E-state index < -0.39 is 22.8 Å². The molecular weight excluding hydrogens is 534 g/mol. The molecule has 1 atom stereocenters. The molecule has 1 unspecified atom stereocenters. The number of rotatable bonds is 4. The van der Waals surface area contributed by atoms with Gasteiger partial charge in [0.05, 0.1) is 0 Å². The van der Waals surface area contributed by atoms with Crippen LogP contribution in [0.2, 0.25) is 0 Å². The summed E-state index contributed by atoms with van der Waals surface area (Å²) in [4.78, 5) is 0. The van der Waals surface area contributed by atoms with E-state index in [2.05, 4.69) is 121 Å². The molecule has 0 saturated carbocycles. The first-order valence-corrected chi connectivity index (χ1v) is 13.9. The summed E-state index contributed by atoms with van der Waals surface area (Å²) >= 11 is -1.07. The SMILES string of the molecule is C1=CCC(c2cccc3c2[CH]([Zr+2]=[C](c2ccccc2)c2ccccc2)c2ccccc2-3)=C1.[Cl-].[Cl-]. The van der Waals surface area contributed by atoms with E-state index >= 15 is 0 Å². The van der Waals surface area contributed by atoms with Crippen LogP contribution in [0, 0.1) is 0 Å². The van der Waals surface area contributed by atoms with Crippen molar-refractivity contribution < 1.29 is 47.6 Å². The molecule has 0 spiro atoms. The van der Waals surface area contributed by atoms with Crippen LogP contribution in [0.3, 0.4) is 0 Å². The van der Waals surface area contributed by atoms with Gasteiger partial charge in [-0.3, -0.25) is 0 Å². The van der Waals surface area contributed by atoms with Crippen molar-refractivity contribution in [2.75, 3.05) is 0 Å². The summed E-state index contributed by atoms with van der Waals surface area (Å²) in [5, 5.41) is 0. The largest absolute Gasteiger partial charge is 1.00 e. The van der Waals surface area contributed by atoms with Crippen molar-refractivity contribution in [2.45, 2.75) is 10.0 Å².